The zero-order valence-corrected chi connectivity index (χ0v) is 9.62. The van der Waals surface area contributed by atoms with Gasteiger partial charge in [0.15, 0.2) is 0 Å². The Bertz CT molecular complexity index is 649. The van der Waals surface area contributed by atoms with Crippen LogP contribution in [-0.2, 0) is 7.05 Å². The fourth-order valence-electron chi connectivity index (χ4n) is 1.39. The van der Waals surface area contributed by atoms with Crippen LogP contribution in [0.1, 0.15) is 10.5 Å². The van der Waals surface area contributed by atoms with Crippen molar-refractivity contribution in [2.45, 2.75) is 0 Å². The van der Waals surface area contributed by atoms with Crippen LogP contribution in [0.5, 0.6) is 5.75 Å². The summed E-state index contributed by atoms with van der Waals surface area (Å²) in [7, 11) is 1.46. The smallest absolute Gasteiger partial charge is 0.276 e. The number of hydrogen-bond donors (Lipinski definition) is 2. The molecule has 6 nitrogen and oxygen atoms in total. The fraction of sp³-hybridized carbons (Fsp3) is 0.0833. The molecule has 0 saturated heterocycles. The van der Waals surface area contributed by atoms with Gasteiger partial charge in [0.2, 0.25) is 0 Å². The van der Waals surface area contributed by atoms with E-state index in [1.54, 1.807) is 18.2 Å². The summed E-state index contributed by atoms with van der Waals surface area (Å²) in [6, 6.07) is 8.95. The van der Waals surface area contributed by atoms with Gasteiger partial charge in [-0.3, -0.25) is 9.59 Å². The molecule has 0 radical (unpaired) electrons. The Labute approximate surface area is 103 Å². The predicted octanol–water partition coefficient (Wildman–Crippen LogP) is 0.738. The number of nitrogens with one attached hydrogen (secondary N) is 1. The molecule has 0 aliphatic carbocycles. The highest BCUT2D eigenvalue weighted by Crippen LogP contribution is 2.21. The molecule has 0 aliphatic rings. The number of carbonyl (C=O) groups excluding carboxylic acids is 1. The van der Waals surface area contributed by atoms with Crippen molar-refractivity contribution in [2.24, 2.45) is 7.05 Å². The second-order valence-corrected chi connectivity index (χ2v) is 3.65. The maximum absolute atomic E-state index is 11.8. The quantitative estimate of drug-likeness (QED) is 0.764. The maximum atomic E-state index is 11.8. The van der Waals surface area contributed by atoms with Gasteiger partial charge in [0.25, 0.3) is 11.5 Å². The highest BCUT2D eigenvalue weighted by molar-refractivity contribution is 6.03. The second kappa shape index (κ2) is 4.70. The summed E-state index contributed by atoms with van der Waals surface area (Å²) in [6.45, 7) is 0. The lowest BCUT2D eigenvalue weighted by atomic mass is 10.3. The van der Waals surface area contributed by atoms with Gasteiger partial charge in [-0.15, -0.1) is 0 Å². The largest absolute Gasteiger partial charge is 0.506 e. The number of aromatic hydroxyl groups is 1. The molecule has 0 unspecified atom stereocenters. The van der Waals surface area contributed by atoms with Gasteiger partial charge in [-0.2, -0.15) is 5.10 Å². The topological polar surface area (TPSA) is 84.2 Å². The number of rotatable bonds is 2. The molecule has 18 heavy (non-hydrogen) atoms. The molecule has 2 N–H and O–H groups in total. The molecule has 6 heteroatoms. The van der Waals surface area contributed by atoms with Crippen LogP contribution in [0.15, 0.2) is 41.2 Å². The molecule has 92 valence electrons. The van der Waals surface area contributed by atoms with Gasteiger partial charge in [0.05, 0.1) is 5.69 Å². The highest BCUT2D eigenvalue weighted by atomic mass is 16.3. The van der Waals surface area contributed by atoms with E-state index >= 15 is 0 Å². The van der Waals surface area contributed by atoms with Crippen molar-refractivity contribution in [2.75, 3.05) is 5.32 Å². The third-order valence-corrected chi connectivity index (χ3v) is 2.35. The Morgan fingerprint density at radius 3 is 2.67 bits per heavy atom. The van der Waals surface area contributed by atoms with E-state index in [4.69, 9.17) is 0 Å². The molecule has 0 aliphatic heterocycles. The molecule has 1 aromatic heterocycles. The predicted molar refractivity (Wildman–Crippen MR) is 65.5 cm³/mol. The maximum Gasteiger partial charge on any atom is 0.276 e. The summed E-state index contributed by atoms with van der Waals surface area (Å²) in [6.07, 6.45) is 0. The van der Waals surface area contributed by atoms with Crippen molar-refractivity contribution in [3.63, 3.8) is 0 Å². The third-order valence-electron chi connectivity index (χ3n) is 2.35. The minimum absolute atomic E-state index is 0.0318. The van der Waals surface area contributed by atoms with Crippen molar-refractivity contribution < 1.29 is 9.90 Å². The number of aryl methyl sites for hydroxylation is 1. The van der Waals surface area contributed by atoms with Gasteiger partial charge in [-0.05, 0) is 18.2 Å². The minimum atomic E-state index is -0.493. The van der Waals surface area contributed by atoms with Crippen LogP contribution in [0.2, 0.25) is 0 Å². The molecular formula is C12H11N3O3. The molecule has 1 heterocycles. The van der Waals surface area contributed by atoms with Crippen LogP contribution in [0.25, 0.3) is 0 Å². The number of anilines is 1. The lowest BCUT2D eigenvalue weighted by molar-refractivity contribution is 0.101. The summed E-state index contributed by atoms with van der Waals surface area (Å²) in [4.78, 5) is 23.0. The molecule has 0 saturated carbocycles. The number of amides is 1. The van der Waals surface area contributed by atoms with E-state index in [-0.39, 0.29) is 22.7 Å². The summed E-state index contributed by atoms with van der Waals surface area (Å²) in [5.41, 5.74) is 0.0904. The number of para-hydroxylation sites is 2. The zero-order chi connectivity index (χ0) is 13.1. The van der Waals surface area contributed by atoms with Gasteiger partial charge < -0.3 is 10.4 Å². The molecule has 2 aromatic rings. The van der Waals surface area contributed by atoms with Crippen molar-refractivity contribution in [3.8, 4) is 5.75 Å². The average Bonchev–Trinajstić information content (AvgIpc) is 2.35. The van der Waals surface area contributed by atoms with E-state index in [0.717, 1.165) is 4.68 Å². The van der Waals surface area contributed by atoms with Crippen molar-refractivity contribution in [1.82, 2.24) is 9.78 Å². The van der Waals surface area contributed by atoms with Crippen LogP contribution in [0, 0.1) is 0 Å². The summed E-state index contributed by atoms with van der Waals surface area (Å²) in [5.74, 6) is -0.525. The van der Waals surface area contributed by atoms with Gasteiger partial charge in [0.1, 0.15) is 11.4 Å². The molecule has 0 atom stereocenters. The van der Waals surface area contributed by atoms with E-state index in [1.807, 2.05) is 0 Å². The molecule has 0 bridgehead atoms. The van der Waals surface area contributed by atoms with Crippen LogP contribution < -0.4 is 10.9 Å². The number of phenols is 1. The van der Waals surface area contributed by atoms with Gasteiger partial charge in [0, 0.05) is 13.1 Å². The van der Waals surface area contributed by atoms with Gasteiger partial charge in [-0.25, -0.2) is 4.68 Å². The highest BCUT2D eigenvalue weighted by Gasteiger charge is 2.10. The molecule has 1 aromatic carbocycles. The van der Waals surface area contributed by atoms with Crippen molar-refractivity contribution >= 4 is 11.6 Å². The van der Waals surface area contributed by atoms with E-state index in [9.17, 15) is 14.7 Å². The summed E-state index contributed by atoms with van der Waals surface area (Å²) in [5, 5.41) is 15.8. The van der Waals surface area contributed by atoms with Gasteiger partial charge in [-0.1, -0.05) is 12.1 Å². The number of benzene rings is 1. The monoisotopic (exact) mass is 245 g/mol. The van der Waals surface area contributed by atoms with Gasteiger partial charge >= 0.3 is 0 Å². The molecule has 0 spiro atoms. The fourth-order valence-corrected chi connectivity index (χ4v) is 1.39. The van der Waals surface area contributed by atoms with E-state index in [0.29, 0.717) is 0 Å². The molecular weight excluding hydrogens is 234 g/mol. The SMILES string of the molecule is Cn1nc(C(=O)Nc2ccccc2O)ccc1=O. The average molecular weight is 245 g/mol. The first-order valence-corrected chi connectivity index (χ1v) is 5.21. The Kier molecular flexibility index (Phi) is 3.09. The van der Waals surface area contributed by atoms with Crippen molar-refractivity contribution in [1.29, 1.82) is 0 Å². The normalized spacial score (nSPS) is 10.1. The number of carbonyl (C=O) groups is 1. The number of hydrogen-bond acceptors (Lipinski definition) is 4. The number of aromatic nitrogens is 2. The van der Waals surface area contributed by atoms with E-state index in [1.165, 1.54) is 25.2 Å². The van der Waals surface area contributed by atoms with Crippen LogP contribution in [0.3, 0.4) is 0 Å². The second-order valence-electron chi connectivity index (χ2n) is 3.65. The van der Waals surface area contributed by atoms with E-state index in [2.05, 4.69) is 10.4 Å². The summed E-state index contributed by atoms with van der Waals surface area (Å²) >= 11 is 0. The summed E-state index contributed by atoms with van der Waals surface area (Å²) < 4.78 is 1.07. The Balaban J connectivity index is 2.25. The zero-order valence-electron chi connectivity index (χ0n) is 9.62. The minimum Gasteiger partial charge on any atom is -0.506 e. The Morgan fingerprint density at radius 1 is 1.28 bits per heavy atom. The van der Waals surface area contributed by atoms with E-state index < -0.39 is 5.91 Å². The lowest BCUT2D eigenvalue weighted by Gasteiger charge is -2.06. The number of phenolic OH excluding ortho intramolecular Hbond substituents is 1. The standard InChI is InChI=1S/C12H11N3O3/c1-15-11(17)7-6-9(14-15)12(18)13-8-4-2-3-5-10(8)16/h2-7,16H,1H3,(H,13,18). The first-order valence-electron chi connectivity index (χ1n) is 5.21. The molecule has 2 rings (SSSR count). The van der Waals surface area contributed by atoms with Crippen LogP contribution in [-0.4, -0.2) is 20.8 Å². The third kappa shape index (κ3) is 2.37. The van der Waals surface area contributed by atoms with Crippen molar-refractivity contribution in [3.05, 3.63) is 52.4 Å². The first kappa shape index (κ1) is 11.8. The number of nitrogens with zero attached hydrogens (tertiary/aromatic N) is 2. The Hall–Kier alpha value is -2.63. The molecule has 0 fully saturated rings. The Morgan fingerprint density at radius 2 is 2.00 bits per heavy atom. The van der Waals surface area contributed by atoms with Crippen LogP contribution >= 0.6 is 0 Å². The lowest BCUT2D eigenvalue weighted by Crippen LogP contribution is -2.23. The molecule has 1 amide bonds. The van der Waals surface area contributed by atoms with Crippen LogP contribution in [0.4, 0.5) is 5.69 Å². The first-order chi connectivity index (χ1) is 8.58.